The largest absolute Gasteiger partial charge is 0.468 e. The van der Waals surface area contributed by atoms with Crippen LogP contribution in [0.3, 0.4) is 0 Å². The SMILES string of the molecule is COC(=O)C(CN)N1CCN(c2ncc(-c3ccc4ncc(Cl)c(N[C@H](C)c5ccccc5F)c4c3)cn2)CC1. The highest BCUT2D eigenvalue weighted by Crippen LogP contribution is 2.35. The molecule has 9 nitrogen and oxygen atoms in total. The number of fused-ring (bicyclic) bond motifs is 1. The van der Waals surface area contributed by atoms with Gasteiger partial charge in [0.05, 0.1) is 29.4 Å². The first-order chi connectivity index (χ1) is 19.4. The van der Waals surface area contributed by atoms with Crippen LogP contribution < -0.4 is 16.0 Å². The van der Waals surface area contributed by atoms with E-state index in [0.29, 0.717) is 48.4 Å². The van der Waals surface area contributed by atoms with Crippen molar-refractivity contribution in [1.29, 1.82) is 0 Å². The van der Waals surface area contributed by atoms with Crippen LogP contribution in [-0.2, 0) is 9.53 Å². The molecule has 0 amide bonds. The van der Waals surface area contributed by atoms with Crippen LogP contribution >= 0.6 is 11.6 Å². The van der Waals surface area contributed by atoms with Gasteiger partial charge in [0.25, 0.3) is 0 Å². The molecule has 3 N–H and O–H groups in total. The summed E-state index contributed by atoms with van der Waals surface area (Å²) in [5.41, 5.74) is 9.53. The van der Waals surface area contributed by atoms with Gasteiger partial charge >= 0.3 is 5.97 Å². The summed E-state index contributed by atoms with van der Waals surface area (Å²) in [4.78, 5) is 29.8. The molecule has 4 aromatic rings. The third-order valence-electron chi connectivity index (χ3n) is 7.26. The third-order valence-corrected chi connectivity index (χ3v) is 7.55. The van der Waals surface area contributed by atoms with Gasteiger partial charge in [-0.15, -0.1) is 0 Å². The number of ether oxygens (including phenoxy) is 1. The Hall–Kier alpha value is -3.86. The lowest BCUT2D eigenvalue weighted by Gasteiger charge is -2.37. The summed E-state index contributed by atoms with van der Waals surface area (Å²) >= 11 is 6.56. The molecule has 1 aliphatic rings. The van der Waals surface area contributed by atoms with Gasteiger partial charge in [-0.25, -0.2) is 14.4 Å². The maximum Gasteiger partial charge on any atom is 0.324 e. The summed E-state index contributed by atoms with van der Waals surface area (Å²) in [7, 11) is 1.38. The summed E-state index contributed by atoms with van der Waals surface area (Å²) < 4.78 is 19.3. The molecule has 2 aromatic heterocycles. The molecule has 1 fully saturated rings. The smallest absolute Gasteiger partial charge is 0.324 e. The number of carbonyl (C=O) groups is 1. The van der Waals surface area contributed by atoms with Gasteiger partial charge in [-0.1, -0.05) is 35.9 Å². The topological polar surface area (TPSA) is 110 Å². The Balaban J connectivity index is 1.34. The molecule has 5 rings (SSSR count). The number of piperazine rings is 1. The predicted octanol–water partition coefficient (Wildman–Crippen LogP) is 4.28. The molecular formula is C29H31ClFN7O2. The first kappa shape index (κ1) is 27.7. The molecule has 3 heterocycles. The van der Waals surface area contributed by atoms with Crippen molar-refractivity contribution >= 4 is 40.1 Å². The second-order valence-corrected chi connectivity index (χ2v) is 10.1. The Kier molecular flexibility index (Phi) is 8.39. The van der Waals surface area contributed by atoms with E-state index in [-0.39, 0.29) is 24.4 Å². The minimum Gasteiger partial charge on any atom is -0.468 e. The number of anilines is 2. The number of methoxy groups -OCH3 is 1. The quantitative estimate of drug-likeness (QED) is 0.304. The van der Waals surface area contributed by atoms with E-state index in [1.807, 2.05) is 36.1 Å². The number of nitrogens with one attached hydrogen (secondary N) is 1. The van der Waals surface area contributed by atoms with Crippen LogP contribution in [0.5, 0.6) is 0 Å². The summed E-state index contributed by atoms with van der Waals surface area (Å²) in [6.07, 6.45) is 5.18. The van der Waals surface area contributed by atoms with Crippen molar-refractivity contribution in [2.24, 2.45) is 5.73 Å². The van der Waals surface area contributed by atoms with Gasteiger partial charge in [-0.2, -0.15) is 0 Å². The Morgan fingerprint density at radius 2 is 1.80 bits per heavy atom. The standard InChI is InChI=1S/C29H31ClFN7O2/c1-18(21-5-3-4-6-24(21)31)36-27-22-13-19(7-8-25(22)33-17-23(27)30)20-15-34-29(35-16-20)38-11-9-37(10-12-38)26(14-32)28(39)40-2/h3-8,13,15-18,26H,9-12,14,32H2,1-2H3,(H,33,36)/t18-,26?/m1/s1. The van der Waals surface area contributed by atoms with Crippen molar-refractivity contribution in [3.05, 3.63) is 77.5 Å². The molecular weight excluding hydrogens is 533 g/mol. The molecule has 0 saturated carbocycles. The molecule has 1 unspecified atom stereocenters. The molecule has 2 atom stereocenters. The predicted molar refractivity (Wildman–Crippen MR) is 155 cm³/mol. The first-order valence-electron chi connectivity index (χ1n) is 13.1. The molecule has 1 aliphatic heterocycles. The van der Waals surface area contributed by atoms with E-state index in [4.69, 9.17) is 22.1 Å². The molecule has 0 radical (unpaired) electrons. The van der Waals surface area contributed by atoms with Gasteiger partial charge < -0.3 is 20.7 Å². The normalized spacial score (nSPS) is 15.6. The van der Waals surface area contributed by atoms with Crippen molar-refractivity contribution in [2.75, 3.05) is 50.1 Å². The van der Waals surface area contributed by atoms with E-state index in [1.165, 1.54) is 13.2 Å². The first-order valence-corrected chi connectivity index (χ1v) is 13.5. The van der Waals surface area contributed by atoms with E-state index in [2.05, 4.69) is 25.2 Å². The second-order valence-electron chi connectivity index (χ2n) is 9.67. The Bertz CT molecular complexity index is 1500. The number of aromatic nitrogens is 3. The molecule has 0 aliphatic carbocycles. The zero-order chi connectivity index (χ0) is 28.2. The number of nitrogens with two attached hydrogens (primary N) is 1. The van der Waals surface area contributed by atoms with Crippen molar-refractivity contribution in [3.63, 3.8) is 0 Å². The van der Waals surface area contributed by atoms with Gasteiger partial charge in [0.1, 0.15) is 11.9 Å². The summed E-state index contributed by atoms with van der Waals surface area (Å²) in [5, 5.41) is 4.64. The molecule has 1 saturated heterocycles. The number of halogens is 2. The Labute approximate surface area is 237 Å². The average Bonchev–Trinajstić information content (AvgIpc) is 2.99. The molecule has 208 valence electrons. The number of carbonyl (C=O) groups excluding carboxylic acids is 1. The maximum absolute atomic E-state index is 14.4. The summed E-state index contributed by atoms with van der Waals surface area (Å²) in [5.74, 6) is 0.0276. The van der Waals surface area contributed by atoms with Crippen LogP contribution in [0.15, 0.2) is 61.1 Å². The molecule has 40 heavy (non-hydrogen) atoms. The average molecular weight is 564 g/mol. The van der Waals surface area contributed by atoms with Crippen molar-refractivity contribution in [1.82, 2.24) is 19.9 Å². The fourth-order valence-electron chi connectivity index (χ4n) is 5.01. The van der Waals surface area contributed by atoms with Crippen LogP contribution in [0.4, 0.5) is 16.0 Å². The van der Waals surface area contributed by atoms with Gasteiger partial charge in [-0.05, 0) is 30.7 Å². The van der Waals surface area contributed by atoms with Crippen LogP contribution in [-0.4, -0.2) is 71.7 Å². The summed E-state index contributed by atoms with van der Waals surface area (Å²) in [6.45, 7) is 4.75. The fourth-order valence-corrected chi connectivity index (χ4v) is 5.22. The van der Waals surface area contributed by atoms with Crippen LogP contribution in [0, 0.1) is 5.82 Å². The monoisotopic (exact) mass is 563 g/mol. The number of rotatable bonds is 8. The van der Waals surface area contributed by atoms with Gasteiger partial charge in [-0.3, -0.25) is 14.7 Å². The number of hydrogen-bond donors (Lipinski definition) is 2. The number of nitrogens with zero attached hydrogens (tertiary/aromatic N) is 5. The summed E-state index contributed by atoms with van der Waals surface area (Å²) in [6, 6.07) is 11.8. The van der Waals surface area contributed by atoms with Crippen LogP contribution in [0.1, 0.15) is 18.5 Å². The Morgan fingerprint density at radius 3 is 2.48 bits per heavy atom. The van der Waals surface area contributed by atoms with Crippen LogP contribution in [0.25, 0.3) is 22.0 Å². The number of esters is 1. The maximum atomic E-state index is 14.4. The van der Waals surface area contributed by atoms with Crippen molar-refractivity contribution in [3.8, 4) is 11.1 Å². The van der Waals surface area contributed by atoms with E-state index in [1.54, 1.807) is 30.7 Å². The van der Waals surface area contributed by atoms with Gasteiger partial charge in [0.2, 0.25) is 5.95 Å². The zero-order valence-corrected chi connectivity index (χ0v) is 23.1. The fraction of sp³-hybridized carbons (Fsp3) is 0.310. The lowest BCUT2D eigenvalue weighted by atomic mass is 10.0. The minimum atomic E-state index is -0.444. The van der Waals surface area contributed by atoms with Gasteiger partial charge in [0, 0.05) is 67.8 Å². The molecule has 11 heteroatoms. The highest BCUT2D eigenvalue weighted by Gasteiger charge is 2.29. The number of benzene rings is 2. The third kappa shape index (κ3) is 5.70. The Morgan fingerprint density at radius 1 is 1.07 bits per heavy atom. The molecule has 2 aromatic carbocycles. The second kappa shape index (κ2) is 12.1. The molecule has 0 spiro atoms. The van der Waals surface area contributed by atoms with E-state index in [0.717, 1.165) is 22.0 Å². The van der Waals surface area contributed by atoms with E-state index in [9.17, 15) is 9.18 Å². The van der Waals surface area contributed by atoms with Gasteiger partial charge in [0.15, 0.2) is 0 Å². The lowest BCUT2D eigenvalue weighted by Crippen LogP contribution is -2.55. The lowest BCUT2D eigenvalue weighted by molar-refractivity contribution is -0.146. The van der Waals surface area contributed by atoms with Crippen LogP contribution in [0.2, 0.25) is 5.02 Å². The van der Waals surface area contributed by atoms with Crippen molar-refractivity contribution in [2.45, 2.75) is 19.0 Å². The zero-order valence-electron chi connectivity index (χ0n) is 22.3. The van der Waals surface area contributed by atoms with E-state index < -0.39 is 6.04 Å². The number of hydrogen-bond acceptors (Lipinski definition) is 9. The number of pyridine rings is 1. The molecule has 0 bridgehead atoms. The minimum absolute atomic E-state index is 0.212. The van der Waals surface area contributed by atoms with Crippen molar-refractivity contribution < 1.29 is 13.9 Å². The van der Waals surface area contributed by atoms with E-state index >= 15 is 0 Å². The highest BCUT2D eigenvalue weighted by molar-refractivity contribution is 6.34. The highest BCUT2D eigenvalue weighted by atomic mass is 35.5.